The van der Waals surface area contributed by atoms with Gasteiger partial charge in [0, 0.05) is 10.2 Å². The van der Waals surface area contributed by atoms with Gasteiger partial charge in [-0.25, -0.2) is 0 Å². The Hall–Kier alpha value is 0.217. The molecule has 0 saturated heterocycles. The quantitative estimate of drug-likeness (QED) is 0.480. The normalized spacial score (nSPS) is 7.50. The number of hydrogen-bond acceptors (Lipinski definition) is 0. The number of rotatable bonds is 0. The molecule has 66 valence electrons. The average Bonchev–Trinajstić information content (AvgIpc) is 1.65. The summed E-state index contributed by atoms with van der Waals surface area (Å²) < 4.78 is 0. The van der Waals surface area contributed by atoms with Crippen molar-refractivity contribution in [2.75, 3.05) is 0 Å². The zero-order chi connectivity index (χ0) is 8.99. The van der Waals surface area contributed by atoms with Crippen molar-refractivity contribution in [1.29, 1.82) is 0 Å². The molecule has 0 aliphatic rings. The van der Waals surface area contributed by atoms with E-state index in [9.17, 15) is 0 Å². The molecule has 0 amide bonds. The van der Waals surface area contributed by atoms with Gasteiger partial charge in [-0.05, 0) is 0 Å². The third-order valence-corrected chi connectivity index (χ3v) is 0. The largest absolute Gasteiger partial charge is 0.0660 e. The van der Waals surface area contributed by atoms with Crippen molar-refractivity contribution in [2.24, 2.45) is 0 Å². The van der Waals surface area contributed by atoms with Gasteiger partial charge in [0.2, 0.25) is 0 Å². The molecular formula is C9H26Si. The second-order valence-corrected chi connectivity index (χ2v) is 5.46. The third-order valence-electron chi connectivity index (χ3n) is 0. The maximum Gasteiger partial charge on any atom is 0.00602 e. The van der Waals surface area contributed by atoms with Crippen LogP contribution in [0.1, 0.15) is 54.4 Å². The molecule has 0 fully saturated rings. The first kappa shape index (κ1) is 16.7. The van der Waals surface area contributed by atoms with Gasteiger partial charge in [0.25, 0.3) is 0 Å². The predicted octanol–water partition coefficient (Wildman–Crippen LogP) is 3.01. The summed E-state index contributed by atoms with van der Waals surface area (Å²) in [6, 6.07) is 0. The standard InChI is InChI=1S/C3H10Si.2C3H8/c1-3(2)4;2*1-3-2/h3H,1-2,4H3;2*3H2,1-2H3. The van der Waals surface area contributed by atoms with Crippen LogP contribution in [-0.4, -0.2) is 10.2 Å². The van der Waals surface area contributed by atoms with Crippen LogP contribution in [0.15, 0.2) is 0 Å². The molecule has 0 aromatic heterocycles. The van der Waals surface area contributed by atoms with E-state index in [0.29, 0.717) is 0 Å². The molecule has 0 N–H and O–H groups in total. The van der Waals surface area contributed by atoms with Gasteiger partial charge in [0.05, 0.1) is 0 Å². The fourth-order valence-electron chi connectivity index (χ4n) is 0. The summed E-state index contributed by atoms with van der Waals surface area (Å²) in [4.78, 5) is 0. The molecule has 0 nitrogen and oxygen atoms in total. The zero-order valence-corrected chi connectivity index (χ0v) is 11.0. The Balaban J connectivity index is -0.0000000750. The van der Waals surface area contributed by atoms with Crippen LogP contribution < -0.4 is 0 Å². The Morgan fingerprint density at radius 3 is 0.900 bits per heavy atom. The van der Waals surface area contributed by atoms with E-state index in [-0.39, 0.29) is 0 Å². The molecule has 0 unspecified atom stereocenters. The summed E-state index contributed by atoms with van der Waals surface area (Å²) in [5.74, 6) is 0. The van der Waals surface area contributed by atoms with E-state index in [1.165, 1.54) is 23.1 Å². The summed E-state index contributed by atoms with van der Waals surface area (Å²) in [7, 11) is 1.35. The van der Waals surface area contributed by atoms with Crippen molar-refractivity contribution >= 4 is 10.2 Å². The van der Waals surface area contributed by atoms with Gasteiger partial charge in [-0.15, -0.1) is 0 Å². The van der Waals surface area contributed by atoms with Crippen LogP contribution in [0.2, 0.25) is 5.54 Å². The first-order chi connectivity index (χ1) is 4.56. The van der Waals surface area contributed by atoms with Crippen LogP contribution in [0.3, 0.4) is 0 Å². The maximum atomic E-state index is 2.23. The molecule has 1 heteroatoms. The highest BCUT2D eigenvalue weighted by Crippen LogP contribution is 1.84. The van der Waals surface area contributed by atoms with Crippen molar-refractivity contribution in [3.63, 3.8) is 0 Å². The second kappa shape index (κ2) is 22.9. The summed E-state index contributed by atoms with van der Waals surface area (Å²) in [6.45, 7) is 13.0. The van der Waals surface area contributed by atoms with Crippen LogP contribution in [0.4, 0.5) is 0 Å². The Bertz CT molecular complexity index is 21.2. The van der Waals surface area contributed by atoms with E-state index in [4.69, 9.17) is 0 Å². The second-order valence-electron chi connectivity index (χ2n) is 3.15. The topological polar surface area (TPSA) is 0 Å². The van der Waals surface area contributed by atoms with Crippen LogP contribution in [0.5, 0.6) is 0 Å². The predicted molar refractivity (Wildman–Crippen MR) is 57.0 cm³/mol. The highest BCUT2D eigenvalue weighted by molar-refractivity contribution is 6.10. The average molecular weight is 162 g/mol. The van der Waals surface area contributed by atoms with E-state index < -0.39 is 0 Å². The van der Waals surface area contributed by atoms with Crippen molar-refractivity contribution in [1.82, 2.24) is 0 Å². The van der Waals surface area contributed by atoms with Crippen LogP contribution >= 0.6 is 0 Å². The molecule has 0 bridgehead atoms. The lowest BCUT2D eigenvalue weighted by Gasteiger charge is -1.78. The van der Waals surface area contributed by atoms with Gasteiger partial charge in [0.1, 0.15) is 0 Å². The minimum absolute atomic E-state index is 0.972. The summed E-state index contributed by atoms with van der Waals surface area (Å²) in [5, 5.41) is 0. The van der Waals surface area contributed by atoms with Crippen LogP contribution in [0.25, 0.3) is 0 Å². The first-order valence-electron chi connectivity index (χ1n) is 4.56. The Labute approximate surface area is 70.8 Å². The lowest BCUT2D eigenvalue weighted by molar-refractivity contribution is 1.08. The molecule has 0 atom stereocenters. The minimum Gasteiger partial charge on any atom is -0.0660 e. The van der Waals surface area contributed by atoms with Crippen LogP contribution in [0, 0.1) is 0 Å². The summed E-state index contributed by atoms with van der Waals surface area (Å²) in [6.07, 6.45) is 2.50. The molecule has 0 radical (unpaired) electrons. The third kappa shape index (κ3) is 9100. The van der Waals surface area contributed by atoms with Crippen LogP contribution in [-0.2, 0) is 0 Å². The molecule has 10 heavy (non-hydrogen) atoms. The molecule has 0 saturated carbocycles. The van der Waals surface area contributed by atoms with Gasteiger partial charge in [-0.3, -0.25) is 0 Å². The maximum absolute atomic E-state index is 2.23. The van der Waals surface area contributed by atoms with Crippen molar-refractivity contribution < 1.29 is 0 Å². The highest BCUT2D eigenvalue weighted by atomic mass is 28.1. The Kier molecular flexibility index (Phi) is 38.1. The van der Waals surface area contributed by atoms with E-state index in [0.717, 1.165) is 5.54 Å². The van der Waals surface area contributed by atoms with E-state index in [1.54, 1.807) is 0 Å². The van der Waals surface area contributed by atoms with E-state index in [2.05, 4.69) is 41.5 Å². The van der Waals surface area contributed by atoms with E-state index in [1.807, 2.05) is 0 Å². The lowest BCUT2D eigenvalue weighted by atomic mass is 10.6. The molecule has 0 spiro atoms. The molecule has 0 aliphatic heterocycles. The summed E-state index contributed by atoms with van der Waals surface area (Å²) in [5.41, 5.74) is 0.972. The molecule has 0 aliphatic carbocycles. The SMILES string of the molecule is CC(C)[SiH3].CCC.CCC. The number of hydrogen-bond donors (Lipinski definition) is 0. The van der Waals surface area contributed by atoms with E-state index >= 15 is 0 Å². The molecule has 0 aromatic carbocycles. The molecule has 0 heterocycles. The Morgan fingerprint density at radius 1 is 0.900 bits per heavy atom. The Morgan fingerprint density at radius 2 is 0.900 bits per heavy atom. The highest BCUT2D eigenvalue weighted by Gasteiger charge is 1.68. The zero-order valence-electron chi connectivity index (χ0n) is 8.99. The van der Waals surface area contributed by atoms with Gasteiger partial charge < -0.3 is 0 Å². The molecule has 0 rings (SSSR count). The van der Waals surface area contributed by atoms with Gasteiger partial charge in [-0.2, -0.15) is 0 Å². The summed E-state index contributed by atoms with van der Waals surface area (Å²) >= 11 is 0. The molecular weight excluding hydrogens is 136 g/mol. The van der Waals surface area contributed by atoms with Gasteiger partial charge in [-0.1, -0.05) is 59.9 Å². The molecule has 0 aromatic rings. The fourth-order valence-corrected chi connectivity index (χ4v) is 0. The van der Waals surface area contributed by atoms with Gasteiger partial charge >= 0.3 is 0 Å². The smallest absolute Gasteiger partial charge is 0.00602 e. The van der Waals surface area contributed by atoms with Gasteiger partial charge in [0.15, 0.2) is 0 Å². The first-order valence-corrected chi connectivity index (χ1v) is 5.72. The van der Waals surface area contributed by atoms with Crippen molar-refractivity contribution in [3.05, 3.63) is 0 Å². The fraction of sp³-hybridized carbons (Fsp3) is 1.00. The lowest BCUT2D eigenvalue weighted by Crippen LogP contribution is -1.67. The monoisotopic (exact) mass is 162 g/mol. The van der Waals surface area contributed by atoms with Crippen molar-refractivity contribution in [3.8, 4) is 0 Å². The minimum atomic E-state index is 0.972. The van der Waals surface area contributed by atoms with Crippen molar-refractivity contribution in [2.45, 2.75) is 59.9 Å².